The molecule has 3 aliphatic rings. The van der Waals surface area contributed by atoms with Gasteiger partial charge in [-0.25, -0.2) is 9.78 Å². The number of carboxylic acid groups (broad SMARTS) is 1. The average molecular weight is 446 g/mol. The maximum absolute atomic E-state index is 10.5. The minimum Gasteiger partial charge on any atom is -0.465 e. The van der Waals surface area contributed by atoms with Crippen molar-refractivity contribution < 1.29 is 19.4 Å². The summed E-state index contributed by atoms with van der Waals surface area (Å²) < 4.78 is 11.7. The lowest BCUT2D eigenvalue weighted by atomic mass is 9.76. The zero-order valence-corrected chi connectivity index (χ0v) is 20.1. The van der Waals surface area contributed by atoms with Gasteiger partial charge in [-0.15, -0.1) is 0 Å². The normalized spacial score (nSPS) is 29.3. The summed E-state index contributed by atoms with van der Waals surface area (Å²) in [6, 6.07) is 5.93. The number of pyridine rings is 1. The van der Waals surface area contributed by atoms with E-state index in [0.717, 1.165) is 17.9 Å². The molecule has 0 radical (unpaired) electrons. The van der Waals surface area contributed by atoms with Gasteiger partial charge in [-0.3, -0.25) is 0 Å². The molecule has 2 N–H and O–H groups in total. The fourth-order valence-corrected chi connectivity index (χ4v) is 4.82. The number of anilines is 1. The van der Waals surface area contributed by atoms with E-state index in [0.29, 0.717) is 31.2 Å². The first-order valence-electron chi connectivity index (χ1n) is 11.7. The highest BCUT2D eigenvalue weighted by molar-refractivity contribution is 5.66. The summed E-state index contributed by atoms with van der Waals surface area (Å²) in [6.07, 6.45) is 8.43. The van der Waals surface area contributed by atoms with Gasteiger partial charge in [0.2, 0.25) is 0 Å². The summed E-state index contributed by atoms with van der Waals surface area (Å²) in [6.45, 7) is 9.57. The van der Waals surface area contributed by atoms with Crippen molar-refractivity contribution in [1.29, 1.82) is 0 Å². The van der Waals surface area contributed by atoms with Crippen LogP contribution in [0.1, 0.15) is 58.6 Å². The minimum absolute atomic E-state index is 0.0764. The molecule has 3 fully saturated rings. The average Bonchev–Trinajstić information content (AvgIpc) is 3.40. The largest absolute Gasteiger partial charge is 0.465 e. The van der Waals surface area contributed by atoms with E-state index in [1.54, 1.807) is 0 Å². The Morgan fingerprint density at radius 3 is 2.69 bits per heavy atom. The van der Waals surface area contributed by atoms with Crippen molar-refractivity contribution in [2.45, 2.75) is 83.6 Å². The van der Waals surface area contributed by atoms with Crippen LogP contribution in [-0.4, -0.2) is 65.1 Å². The molecule has 4 rings (SSSR count). The van der Waals surface area contributed by atoms with Crippen LogP contribution in [0.2, 0.25) is 0 Å². The van der Waals surface area contributed by atoms with E-state index in [2.05, 4.69) is 37.1 Å². The number of likely N-dealkylation sites (tertiary alicyclic amines) is 1. The first kappa shape index (κ1) is 24.5. The summed E-state index contributed by atoms with van der Waals surface area (Å²) in [5.74, 6) is 1.40. The number of carbonyl (C=O) groups is 1. The first-order valence-corrected chi connectivity index (χ1v) is 11.7. The quantitative estimate of drug-likeness (QED) is 0.480. The Morgan fingerprint density at radius 1 is 1.34 bits per heavy atom. The molecule has 1 aliphatic carbocycles. The third-order valence-electron chi connectivity index (χ3n) is 6.85. The highest BCUT2D eigenvalue weighted by atomic mass is 16.6. The molecule has 1 saturated carbocycles. The van der Waals surface area contributed by atoms with Gasteiger partial charge in [0.1, 0.15) is 5.82 Å². The number of rotatable bonds is 6. The number of hydrogen-bond donors (Lipinski definition) is 2. The van der Waals surface area contributed by atoms with Gasteiger partial charge in [-0.2, -0.15) is 0 Å². The monoisotopic (exact) mass is 445 g/mol. The van der Waals surface area contributed by atoms with Gasteiger partial charge in [0.25, 0.3) is 0 Å². The zero-order chi connectivity index (χ0) is 23.3. The zero-order valence-electron chi connectivity index (χ0n) is 20.1. The fourth-order valence-electron chi connectivity index (χ4n) is 4.82. The number of ether oxygens (including phenoxy) is 2. The topological polar surface area (TPSA) is 87.2 Å². The molecule has 4 unspecified atom stereocenters. The van der Waals surface area contributed by atoms with Crippen molar-refractivity contribution in [2.75, 3.05) is 25.5 Å². The molecule has 7 nitrogen and oxygen atoms in total. The number of hydrogen-bond acceptors (Lipinski definition) is 5. The fraction of sp³-hybridized carbons (Fsp3) is 0.680. The van der Waals surface area contributed by atoms with Crippen LogP contribution in [-0.2, 0) is 9.47 Å². The van der Waals surface area contributed by atoms with E-state index in [1.165, 1.54) is 36.2 Å². The van der Waals surface area contributed by atoms with Crippen molar-refractivity contribution in [3.05, 3.63) is 35.5 Å². The summed E-state index contributed by atoms with van der Waals surface area (Å²) in [5.41, 5.74) is 2.41. The maximum Gasteiger partial charge on any atom is 0.407 e. The smallest absolute Gasteiger partial charge is 0.407 e. The standard InChI is InChI=1S/C15H26O2.C10H13N3O2/c1-11(2)9-10-14-15(3,17-14)12-7-5-6-8-13(12)16-4;1-7-3-2-4-9(11-7)12-8-5-13(6-8)10(14)15/h9,12-14H,5-8,10H2,1-4H3;2-4,8H,5-6H2,1H3,(H,11,12)(H,14,15). The number of nitrogens with one attached hydrogen (secondary N) is 1. The molecule has 0 bridgehead atoms. The highest BCUT2D eigenvalue weighted by Gasteiger charge is 2.58. The van der Waals surface area contributed by atoms with E-state index < -0.39 is 6.09 Å². The lowest BCUT2D eigenvalue weighted by Gasteiger charge is -2.37. The van der Waals surface area contributed by atoms with Gasteiger partial charge in [0, 0.05) is 31.8 Å². The van der Waals surface area contributed by atoms with Crippen LogP contribution >= 0.6 is 0 Å². The molecule has 0 aromatic carbocycles. The maximum atomic E-state index is 10.5. The van der Waals surface area contributed by atoms with E-state index in [-0.39, 0.29) is 11.6 Å². The Kier molecular flexibility index (Phi) is 8.17. The molecule has 178 valence electrons. The van der Waals surface area contributed by atoms with E-state index in [9.17, 15) is 4.79 Å². The predicted octanol–water partition coefficient (Wildman–Crippen LogP) is 4.87. The molecular formula is C25H39N3O4. The summed E-state index contributed by atoms with van der Waals surface area (Å²) in [7, 11) is 1.85. The van der Waals surface area contributed by atoms with E-state index in [4.69, 9.17) is 14.6 Å². The van der Waals surface area contributed by atoms with Crippen molar-refractivity contribution in [2.24, 2.45) is 5.92 Å². The summed E-state index contributed by atoms with van der Waals surface area (Å²) >= 11 is 0. The van der Waals surface area contributed by atoms with Gasteiger partial charge in [-0.05, 0) is 59.1 Å². The molecule has 1 aromatic heterocycles. The number of allylic oxidation sites excluding steroid dienone is 1. The number of methoxy groups -OCH3 is 1. The first-order chi connectivity index (χ1) is 15.2. The number of aromatic nitrogens is 1. The Hall–Kier alpha value is -2.12. The van der Waals surface area contributed by atoms with Gasteiger partial charge >= 0.3 is 6.09 Å². The van der Waals surface area contributed by atoms with Crippen LogP contribution in [0.25, 0.3) is 0 Å². The number of nitrogens with zero attached hydrogens (tertiary/aromatic N) is 2. The second-order valence-electron chi connectivity index (χ2n) is 9.67. The number of aryl methyl sites for hydroxylation is 1. The van der Waals surface area contributed by atoms with Crippen molar-refractivity contribution in [3.8, 4) is 0 Å². The highest BCUT2D eigenvalue weighted by Crippen LogP contribution is 2.50. The van der Waals surface area contributed by atoms with E-state index >= 15 is 0 Å². The Bertz CT molecular complexity index is 804. The molecule has 3 heterocycles. The van der Waals surface area contributed by atoms with Gasteiger partial charge < -0.3 is 24.8 Å². The SMILES string of the molecule is COC1CCCCC1C1(C)OC1CC=C(C)C.Cc1cccc(NC2CN(C(=O)O)C2)n1. The lowest BCUT2D eigenvalue weighted by Crippen LogP contribution is -2.56. The molecule has 7 heteroatoms. The van der Waals surface area contributed by atoms with Crippen molar-refractivity contribution in [3.63, 3.8) is 0 Å². The minimum atomic E-state index is -0.856. The molecule has 4 atom stereocenters. The van der Waals surface area contributed by atoms with Crippen molar-refractivity contribution in [1.82, 2.24) is 9.88 Å². The summed E-state index contributed by atoms with van der Waals surface area (Å²) in [4.78, 5) is 16.2. The molecule has 0 spiro atoms. The van der Waals surface area contributed by atoms with Crippen LogP contribution in [0.5, 0.6) is 0 Å². The van der Waals surface area contributed by atoms with Crippen molar-refractivity contribution >= 4 is 11.9 Å². The molecule has 1 aromatic rings. The van der Waals surface area contributed by atoms with Crippen LogP contribution in [0.15, 0.2) is 29.8 Å². The van der Waals surface area contributed by atoms with Crippen LogP contribution in [0, 0.1) is 12.8 Å². The second-order valence-corrected chi connectivity index (χ2v) is 9.67. The van der Waals surface area contributed by atoms with Gasteiger partial charge in [0.05, 0.1) is 23.9 Å². The van der Waals surface area contributed by atoms with Crippen LogP contribution < -0.4 is 5.32 Å². The lowest BCUT2D eigenvalue weighted by molar-refractivity contribution is -0.00777. The number of amides is 1. The van der Waals surface area contributed by atoms with Gasteiger partial charge in [-0.1, -0.05) is 30.6 Å². The third kappa shape index (κ3) is 6.23. The second kappa shape index (κ2) is 10.7. The molecule has 32 heavy (non-hydrogen) atoms. The third-order valence-corrected chi connectivity index (χ3v) is 6.85. The molecular weight excluding hydrogens is 406 g/mol. The predicted molar refractivity (Wildman–Crippen MR) is 126 cm³/mol. The Labute approximate surface area is 192 Å². The van der Waals surface area contributed by atoms with Crippen LogP contribution in [0.3, 0.4) is 0 Å². The number of epoxide rings is 1. The van der Waals surface area contributed by atoms with Crippen LogP contribution in [0.4, 0.5) is 10.6 Å². The summed E-state index contributed by atoms with van der Waals surface area (Å²) in [5, 5.41) is 11.8. The molecule has 1 amide bonds. The Balaban J connectivity index is 0.000000182. The van der Waals surface area contributed by atoms with E-state index in [1.807, 2.05) is 32.2 Å². The molecule has 2 saturated heterocycles. The van der Waals surface area contributed by atoms with Gasteiger partial charge in [0.15, 0.2) is 0 Å². The molecule has 2 aliphatic heterocycles. The Morgan fingerprint density at radius 2 is 2.06 bits per heavy atom.